The fourth-order valence-corrected chi connectivity index (χ4v) is 4.06. The van der Waals surface area contributed by atoms with Crippen LogP contribution in [0.1, 0.15) is 30.1 Å². The Balaban J connectivity index is 1.38. The Morgan fingerprint density at radius 1 is 1.06 bits per heavy atom. The van der Waals surface area contributed by atoms with E-state index >= 15 is 0 Å². The van der Waals surface area contributed by atoms with Gasteiger partial charge in [0.15, 0.2) is 0 Å². The summed E-state index contributed by atoms with van der Waals surface area (Å²) in [6.45, 7) is 2.34. The molecule has 1 fully saturated rings. The van der Waals surface area contributed by atoms with Crippen LogP contribution in [0.15, 0.2) is 79.0 Å². The van der Waals surface area contributed by atoms with Crippen LogP contribution in [0.4, 0.5) is 16.6 Å². The SMILES string of the molecule is COc1ccc2cc([C@H](C)Nc3nccc(N4C(=O)OCC4c4ccccc4)n3)ccc2c1. The molecule has 0 spiro atoms. The van der Waals surface area contributed by atoms with Gasteiger partial charge in [-0.25, -0.2) is 9.78 Å². The van der Waals surface area contributed by atoms with E-state index in [2.05, 4.69) is 40.4 Å². The number of fused-ring (bicyclic) bond motifs is 1. The Labute approximate surface area is 192 Å². The Bertz CT molecular complexity index is 1300. The normalized spacial score (nSPS) is 16.5. The largest absolute Gasteiger partial charge is 0.497 e. The summed E-state index contributed by atoms with van der Waals surface area (Å²) < 4.78 is 10.6. The average molecular weight is 441 g/mol. The number of hydrogen-bond acceptors (Lipinski definition) is 6. The van der Waals surface area contributed by atoms with E-state index in [1.807, 2.05) is 48.5 Å². The van der Waals surface area contributed by atoms with Crippen LogP contribution in [0.2, 0.25) is 0 Å². The van der Waals surface area contributed by atoms with Crippen LogP contribution in [-0.4, -0.2) is 29.8 Å². The predicted octanol–water partition coefficient (Wildman–Crippen LogP) is 5.51. The molecule has 0 bridgehead atoms. The molecule has 1 amide bonds. The summed E-state index contributed by atoms with van der Waals surface area (Å²) in [5.74, 6) is 1.78. The van der Waals surface area contributed by atoms with E-state index in [1.165, 1.54) is 0 Å². The Morgan fingerprint density at radius 3 is 2.67 bits per heavy atom. The second-order valence-electron chi connectivity index (χ2n) is 7.95. The zero-order valence-electron chi connectivity index (χ0n) is 18.4. The van der Waals surface area contributed by atoms with Crippen molar-refractivity contribution >= 4 is 28.6 Å². The van der Waals surface area contributed by atoms with Crippen LogP contribution >= 0.6 is 0 Å². The number of nitrogens with one attached hydrogen (secondary N) is 1. The molecule has 0 saturated carbocycles. The summed E-state index contributed by atoms with van der Waals surface area (Å²) in [4.78, 5) is 23.1. The first-order valence-electron chi connectivity index (χ1n) is 10.8. The Kier molecular flexibility index (Phi) is 5.52. The van der Waals surface area contributed by atoms with Crippen molar-refractivity contribution in [3.8, 4) is 5.75 Å². The molecule has 1 N–H and O–H groups in total. The van der Waals surface area contributed by atoms with Crippen molar-refractivity contribution in [3.05, 3.63) is 90.1 Å². The van der Waals surface area contributed by atoms with Crippen molar-refractivity contribution in [1.82, 2.24) is 9.97 Å². The Hall–Kier alpha value is -4.13. The molecule has 3 aromatic carbocycles. The summed E-state index contributed by atoms with van der Waals surface area (Å²) in [5, 5.41) is 5.59. The van der Waals surface area contributed by atoms with Gasteiger partial charge in [0, 0.05) is 6.20 Å². The molecule has 0 radical (unpaired) electrons. The zero-order valence-corrected chi connectivity index (χ0v) is 18.4. The molecule has 1 aliphatic rings. The van der Waals surface area contributed by atoms with E-state index in [9.17, 15) is 4.79 Å². The third-order valence-corrected chi connectivity index (χ3v) is 5.86. The smallest absolute Gasteiger partial charge is 0.416 e. The van der Waals surface area contributed by atoms with Crippen LogP contribution in [0.25, 0.3) is 10.8 Å². The van der Waals surface area contributed by atoms with E-state index in [4.69, 9.17) is 9.47 Å². The Morgan fingerprint density at radius 2 is 1.85 bits per heavy atom. The molecule has 33 heavy (non-hydrogen) atoms. The monoisotopic (exact) mass is 440 g/mol. The van der Waals surface area contributed by atoms with Crippen molar-refractivity contribution < 1.29 is 14.3 Å². The maximum absolute atomic E-state index is 12.5. The van der Waals surface area contributed by atoms with Gasteiger partial charge in [-0.05, 0) is 53.1 Å². The van der Waals surface area contributed by atoms with Gasteiger partial charge in [-0.1, -0.05) is 48.5 Å². The quantitative estimate of drug-likeness (QED) is 0.426. The highest BCUT2D eigenvalue weighted by Crippen LogP contribution is 2.32. The van der Waals surface area contributed by atoms with Crippen molar-refractivity contribution in [2.75, 3.05) is 23.9 Å². The second kappa shape index (κ2) is 8.78. The molecule has 2 atom stereocenters. The van der Waals surface area contributed by atoms with Crippen molar-refractivity contribution in [3.63, 3.8) is 0 Å². The molecular weight excluding hydrogens is 416 g/mol. The minimum Gasteiger partial charge on any atom is -0.497 e. The van der Waals surface area contributed by atoms with E-state index in [1.54, 1.807) is 24.3 Å². The molecule has 7 heteroatoms. The molecule has 2 heterocycles. The lowest BCUT2D eigenvalue weighted by Gasteiger charge is -2.21. The number of nitrogens with zero attached hydrogens (tertiary/aromatic N) is 3. The van der Waals surface area contributed by atoms with Gasteiger partial charge in [0.1, 0.15) is 24.2 Å². The molecule has 0 aliphatic carbocycles. The van der Waals surface area contributed by atoms with Crippen LogP contribution in [0.5, 0.6) is 5.75 Å². The number of hydrogen-bond donors (Lipinski definition) is 1. The van der Waals surface area contributed by atoms with Gasteiger partial charge in [0.2, 0.25) is 5.95 Å². The van der Waals surface area contributed by atoms with Crippen LogP contribution in [0.3, 0.4) is 0 Å². The average Bonchev–Trinajstić information content (AvgIpc) is 3.25. The number of carbonyl (C=O) groups excluding carboxylic acids is 1. The molecule has 1 unspecified atom stereocenters. The topological polar surface area (TPSA) is 76.6 Å². The lowest BCUT2D eigenvalue weighted by molar-refractivity contribution is 0.179. The summed E-state index contributed by atoms with van der Waals surface area (Å²) in [5.41, 5.74) is 2.10. The van der Waals surface area contributed by atoms with Gasteiger partial charge in [0.05, 0.1) is 13.2 Å². The standard InChI is InChI=1S/C26H24N4O3/c1-17(19-8-9-21-15-22(32-2)11-10-20(21)14-19)28-25-27-13-12-24(29-25)30-23(16-33-26(30)31)18-6-4-3-5-7-18/h3-15,17,23H,16H2,1-2H3,(H,27,28,29)/t17-,23?/m0/s1. The maximum atomic E-state index is 12.5. The fraction of sp³-hybridized carbons (Fsp3) is 0.192. The molecule has 4 aromatic rings. The minimum atomic E-state index is -0.411. The molecule has 5 rings (SSSR count). The first-order valence-corrected chi connectivity index (χ1v) is 10.8. The van der Waals surface area contributed by atoms with Crippen LogP contribution in [0, 0.1) is 0 Å². The van der Waals surface area contributed by atoms with Gasteiger partial charge >= 0.3 is 6.09 Å². The minimum absolute atomic E-state index is 0.0396. The number of benzene rings is 3. The van der Waals surface area contributed by atoms with Gasteiger partial charge in [0.25, 0.3) is 0 Å². The summed E-state index contributed by atoms with van der Waals surface area (Å²) in [6.07, 6.45) is 1.24. The summed E-state index contributed by atoms with van der Waals surface area (Å²) in [6, 6.07) is 23.6. The van der Waals surface area contributed by atoms with E-state index < -0.39 is 6.09 Å². The highest BCUT2D eigenvalue weighted by atomic mass is 16.6. The number of carbonyl (C=O) groups is 1. The number of ether oxygens (including phenoxy) is 2. The van der Waals surface area contributed by atoms with Crippen molar-refractivity contribution in [2.45, 2.75) is 19.0 Å². The number of amides is 1. The number of cyclic esters (lactones) is 1. The van der Waals surface area contributed by atoms with E-state index in [-0.39, 0.29) is 18.7 Å². The van der Waals surface area contributed by atoms with Gasteiger partial charge in [-0.2, -0.15) is 4.98 Å². The fourth-order valence-electron chi connectivity index (χ4n) is 4.06. The number of methoxy groups -OCH3 is 1. The number of rotatable bonds is 6. The van der Waals surface area contributed by atoms with E-state index in [0.29, 0.717) is 11.8 Å². The first kappa shape index (κ1) is 20.8. The van der Waals surface area contributed by atoms with E-state index in [0.717, 1.165) is 27.6 Å². The van der Waals surface area contributed by atoms with Gasteiger partial charge in [-0.15, -0.1) is 0 Å². The summed E-state index contributed by atoms with van der Waals surface area (Å²) >= 11 is 0. The van der Waals surface area contributed by atoms with Gasteiger partial charge < -0.3 is 14.8 Å². The third kappa shape index (κ3) is 4.17. The number of aromatic nitrogens is 2. The zero-order chi connectivity index (χ0) is 22.8. The molecule has 166 valence electrons. The van der Waals surface area contributed by atoms with Crippen molar-refractivity contribution in [1.29, 1.82) is 0 Å². The summed E-state index contributed by atoms with van der Waals surface area (Å²) in [7, 11) is 1.67. The maximum Gasteiger partial charge on any atom is 0.416 e. The van der Waals surface area contributed by atoms with Gasteiger partial charge in [-0.3, -0.25) is 4.90 Å². The van der Waals surface area contributed by atoms with Crippen molar-refractivity contribution in [2.24, 2.45) is 0 Å². The lowest BCUT2D eigenvalue weighted by atomic mass is 10.0. The predicted molar refractivity (Wildman–Crippen MR) is 128 cm³/mol. The van der Waals surface area contributed by atoms with Crippen LogP contribution < -0.4 is 15.0 Å². The molecule has 1 saturated heterocycles. The molecule has 1 aromatic heterocycles. The van der Waals surface area contributed by atoms with Crippen LogP contribution in [-0.2, 0) is 4.74 Å². The second-order valence-corrected chi connectivity index (χ2v) is 7.95. The molecular formula is C26H24N4O3. The lowest BCUT2D eigenvalue weighted by Crippen LogP contribution is -2.28. The first-order chi connectivity index (χ1) is 16.1. The third-order valence-electron chi connectivity index (χ3n) is 5.86. The highest BCUT2D eigenvalue weighted by molar-refractivity contribution is 5.89. The number of anilines is 2. The highest BCUT2D eigenvalue weighted by Gasteiger charge is 2.36. The molecule has 7 nitrogen and oxygen atoms in total. The molecule has 1 aliphatic heterocycles.